The molecule has 1 aromatic heterocycles. The van der Waals surface area contributed by atoms with E-state index in [-0.39, 0.29) is 11.0 Å². The molecule has 4 nitrogen and oxygen atoms in total. The van der Waals surface area contributed by atoms with Gasteiger partial charge in [0.1, 0.15) is 5.56 Å². The van der Waals surface area contributed by atoms with Gasteiger partial charge in [-0.2, -0.15) is 0 Å². The summed E-state index contributed by atoms with van der Waals surface area (Å²) in [6.45, 7) is 2.03. The summed E-state index contributed by atoms with van der Waals surface area (Å²) in [5, 5.41) is 1.02. The first-order valence-electron chi connectivity index (χ1n) is 7.52. The van der Waals surface area contributed by atoms with E-state index in [1.54, 1.807) is 12.1 Å². The molecule has 0 aliphatic carbocycles. The van der Waals surface area contributed by atoms with Crippen molar-refractivity contribution < 1.29 is 9.53 Å². The first-order chi connectivity index (χ1) is 11.6. The molecule has 0 atom stereocenters. The Labute approximate surface area is 143 Å². The average Bonchev–Trinajstić information content (AvgIpc) is 2.59. The SMILES string of the molecule is COC(=O)c1c(SCc2cccc(C)c2)[nH]c2ccccc2c1=O. The summed E-state index contributed by atoms with van der Waals surface area (Å²) in [5.74, 6) is 0.0358. The third-order valence-electron chi connectivity index (χ3n) is 3.73. The van der Waals surface area contributed by atoms with Crippen LogP contribution < -0.4 is 5.43 Å². The van der Waals surface area contributed by atoms with E-state index in [4.69, 9.17) is 4.74 Å². The zero-order valence-corrected chi connectivity index (χ0v) is 14.3. The van der Waals surface area contributed by atoms with Crippen LogP contribution >= 0.6 is 11.8 Å². The molecule has 0 fully saturated rings. The number of rotatable bonds is 4. The number of nitrogens with one attached hydrogen (secondary N) is 1. The number of methoxy groups -OCH3 is 1. The van der Waals surface area contributed by atoms with Gasteiger partial charge in [-0.25, -0.2) is 4.79 Å². The predicted molar refractivity (Wildman–Crippen MR) is 96.6 cm³/mol. The van der Waals surface area contributed by atoms with Crippen molar-refractivity contribution >= 4 is 28.6 Å². The molecule has 0 aliphatic heterocycles. The van der Waals surface area contributed by atoms with Gasteiger partial charge in [0.05, 0.1) is 17.7 Å². The summed E-state index contributed by atoms with van der Waals surface area (Å²) in [5.41, 5.74) is 2.77. The van der Waals surface area contributed by atoms with Gasteiger partial charge in [0.2, 0.25) is 5.43 Å². The number of aromatic nitrogens is 1. The number of H-pyrrole nitrogens is 1. The summed E-state index contributed by atoms with van der Waals surface area (Å²) in [6.07, 6.45) is 0. The molecule has 0 saturated carbocycles. The number of esters is 1. The Hall–Kier alpha value is -2.53. The second-order valence-corrected chi connectivity index (χ2v) is 6.46. The van der Waals surface area contributed by atoms with Crippen LogP contribution in [-0.2, 0) is 10.5 Å². The maximum absolute atomic E-state index is 12.7. The lowest BCUT2D eigenvalue weighted by molar-refractivity contribution is 0.0594. The van der Waals surface area contributed by atoms with Crippen molar-refractivity contribution in [3.8, 4) is 0 Å². The molecule has 24 heavy (non-hydrogen) atoms. The maximum atomic E-state index is 12.7. The number of pyridine rings is 1. The number of aromatic amines is 1. The van der Waals surface area contributed by atoms with Gasteiger partial charge in [-0.15, -0.1) is 11.8 Å². The summed E-state index contributed by atoms with van der Waals surface area (Å²) >= 11 is 1.43. The number of hydrogen-bond donors (Lipinski definition) is 1. The topological polar surface area (TPSA) is 59.2 Å². The zero-order chi connectivity index (χ0) is 17.1. The molecule has 5 heteroatoms. The van der Waals surface area contributed by atoms with E-state index in [0.29, 0.717) is 21.7 Å². The number of carbonyl (C=O) groups excluding carboxylic acids is 1. The Morgan fingerprint density at radius 3 is 2.71 bits per heavy atom. The van der Waals surface area contributed by atoms with Crippen molar-refractivity contribution in [2.75, 3.05) is 7.11 Å². The molecule has 0 unspecified atom stereocenters. The second kappa shape index (κ2) is 6.93. The van der Waals surface area contributed by atoms with E-state index in [9.17, 15) is 9.59 Å². The number of fused-ring (bicyclic) bond motifs is 1. The van der Waals surface area contributed by atoms with Crippen LogP contribution in [0.4, 0.5) is 0 Å². The van der Waals surface area contributed by atoms with Crippen LogP contribution in [0, 0.1) is 6.92 Å². The van der Waals surface area contributed by atoms with Crippen LogP contribution in [0.3, 0.4) is 0 Å². The highest BCUT2D eigenvalue weighted by molar-refractivity contribution is 7.98. The third-order valence-corrected chi connectivity index (χ3v) is 4.80. The fourth-order valence-corrected chi connectivity index (χ4v) is 3.56. The highest BCUT2D eigenvalue weighted by Crippen LogP contribution is 2.26. The van der Waals surface area contributed by atoms with Gasteiger partial charge < -0.3 is 9.72 Å². The first kappa shape index (κ1) is 16.3. The van der Waals surface area contributed by atoms with Crippen molar-refractivity contribution in [2.24, 2.45) is 0 Å². The molecule has 0 aliphatic rings. The van der Waals surface area contributed by atoms with Crippen LogP contribution in [0.2, 0.25) is 0 Å². The lowest BCUT2D eigenvalue weighted by atomic mass is 10.1. The minimum Gasteiger partial charge on any atom is -0.465 e. The molecule has 3 aromatic rings. The molecule has 1 heterocycles. The number of thioether (sulfide) groups is 1. The third kappa shape index (κ3) is 3.21. The standard InChI is InChI=1S/C19H17NO3S/c1-12-6-5-7-13(10-12)11-24-18-16(19(22)23-2)17(21)14-8-3-4-9-15(14)20-18/h3-10H,11H2,1-2H3,(H,20,21). The highest BCUT2D eigenvalue weighted by atomic mass is 32.2. The number of hydrogen-bond acceptors (Lipinski definition) is 4. The van der Waals surface area contributed by atoms with E-state index < -0.39 is 5.97 Å². The van der Waals surface area contributed by atoms with Crippen molar-refractivity contribution in [2.45, 2.75) is 17.7 Å². The minimum absolute atomic E-state index is 0.0638. The van der Waals surface area contributed by atoms with E-state index in [0.717, 1.165) is 5.56 Å². The molecule has 0 spiro atoms. The van der Waals surface area contributed by atoms with Crippen LogP contribution in [0.25, 0.3) is 10.9 Å². The number of aryl methyl sites for hydroxylation is 1. The Bertz CT molecular complexity index is 962. The van der Waals surface area contributed by atoms with E-state index in [1.165, 1.54) is 24.4 Å². The highest BCUT2D eigenvalue weighted by Gasteiger charge is 2.20. The Morgan fingerprint density at radius 1 is 1.17 bits per heavy atom. The fraction of sp³-hybridized carbons (Fsp3) is 0.158. The van der Waals surface area contributed by atoms with Crippen molar-refractivity contribution in [1.82, 2.24) is 4.98 Å². The number of para-hydroxylation sites is 1. The first-order valence-corrected chi connectivity index (χ1v) is 8.50. The Morgan fingerprint density at radius 2 is 1.96 bits per heavy atom. The van der Waals surface area contributed by atoms with Crippen molar-refractivity contribution in [3.63, 3.8) is 0 Å². The molecular formula is C19H17NO3S. The largest absolute Gasteiger partial charge is 0.465 e. The number of benzene rings is 2. The van der Waals surface area contributed by atoms with Crippen molar-refractivity contribution in [3.05, 3.63) is 75.4 Å². The molecule has 0 bridgehead atoms. The fourth-order valence-electron chi connectivity index (χ4n) is 2.57. The molecule has 2 aromatic carbocycles. The summed E-state index contributed by atoms with van der Waals surface area (Å²) < 4.78 is 4.81. The van der Waals surface area contributed by atoms with Crippen LogP contribution in [0.15, 0.2) is 58.4 Å². The van der Waals surface area contributed by atoms with Crippen LogP contribution in [0.1, 0.15) is 21.5 Å². The minimum atomic E-state index is -0.617. The molecule has 1 N–H and O–H groups in total. The van der Waals surface area contributed by atoms with Gasteiger partial charge in [0.25, 0.3) is 0 Å². The molecule has 0 amide bonds. The lowest BCUT2D eigenvalue weighted by Crippen LogP contribution is -2.19. The van der Waals surface area contributed by atoms with Gasteiger partial charge in [-0.3, -0.25) is 4.79 Å². The number of carbonyl (C=O) groups is 1. The normalized spacial score (nSPS) is 10.8. The summed E-state index contributed by atoms with van der Waals surface area (Å²) in [7, 11) is 1.28. The van der Waals surface area contributed by atoms with Gasteiger partial charge >= 0.3 is 5.97 Å². The zero-order valence-electron chi connectivity index (χ0n) is 13.5. The summed E-state index contributed by atoms with van der Waals surface area (Å²) in [4.78, 5) is 28.0. The monoisotopic (exact) mass is 339 g/mol. The smallest absolute Gasteiger partial charge is 0.344 e. The molecular weight excluding hydrogens is 322 g/mol. The average molecular weight is 339 g/mol. The van der Waals surface area contributed by atoms with E-state index >= 15 is 0 Å². The lowest BCUT2D eigenvalue weighted by Gasteiger charge is -2.10. The molecule has 0 radical (unpaired) electrons. The predicted octanol–water partition coefficient (Wildman–Crippen LogP) is 3.92. The van der Waals surface area contributed by atoms with Gasteiger partial charge in [-0.1, -0.05) is 42.0 Å². The molecule has 3 rings (SSSR count). The maximum Gasteiger partial charge on any atom is 0.344 e. The summed E-state index contributed by atoms with van der Waals surface area (Å²) in [6, 6.07) is 15.3. The number of ether oxygens (including phenoxy) is 1. The Kier molecular flexibility index (Phi) is 4.71. The van der Waals surface area contributed by atoms with Gasteiger partial charge in [0, 0.05) is 11.1 Å². The second-order valence-electron chi connectivity index (χ2n) is 5.47. The van der Waals surface area contributed by atoms with Crippen LogP contribution in [0.5, 0.6) is 0 Å². The molecule has 0 saturated heterocycles. The van der Waals surface area contributed by atoms with Crippen molar-refractivity contribution in [1.29, 1.82) is 0 Å². The quantitative estimate of drug-likeness (QED) is 0.578. The Balaban J connectivity index is 2.05. The molecule has 122 valence electrons. The van der Waals surface area contributed by atoms with Crippen LogP contribution in [-0.4, -0.2) is 18.1 Å². The van der Waals surface area contributed by atoms with E-state index in [1.807, 2.05) is 37.3 Å². The van der Waals surface area contributed by atoms with Gasteiger partial charge in [0.15, 0.2) is 0 Å². The van der Waals surface area contributed by atoms with E-state index in [2.05, 4.69) is 11.1 Å². The van der Waals surface area contributed by atoms with Gasteiger partial charge in [-0.05, 0) is 24.6 Å².